The molecule has 6 rings (SSSR count). The van der Waals surface area contributed by atoms with Gasteiger partial charge in [0.15, 0.2) is 0 Å². The van der Waals surface area contributed by atoms with Crippen LogP contribution < -0.4 is 0 Å². The molecule has 5 nitrogen and oxygen atoms in total. The highest BCUT2D eigenvalue weighted by Crippen LogP contribution is 2.57. The Hall–Kier alpha value is -2.61. The lowest BCUT2D eigenvalue weighted by Gasteiger charge is -2.53. The molecule has 156 valence electrons. The van der Waals surface area contributed by atoms with Crippen molar-refractivity contribution in [1.29, 1.82) is 0 Å². The SMILES string of the molecule is CC[C@@]12C=C(c3nc(C(F)(F)F)no3)n3c4c(c5ccccc53)CCN(CCC1)[C@H]42. The third kappa shape index (κ3) is 2.28. The van der Waals surface area contributed by atoms with Crippen LogP contribution in [0.5, 0.6) is 0 Å². The molecule has 3 aliphatic heterocycles. The highest BCUT2D eigenvalue weighted by molar-refractivity contribution is 5.91. The van der Waals surface area contributed by atoms with Crippen molar-refractivity contribution in [2.45, 2.75) is 44.8 Å². The highest BCUT2D eigenvalue weighted by Gasteiger charge is 2.51. The van der Waals surface area contributed by atoms with Gasteiger partial charge in [-0.3, -0.25) is 4.90 Å². The summed E-state index contributed by atoms with van der Waals surface area (Å²) in [5.41, 5.74) is 3.90. The number of nitrogens with zero attached hydrogens (tertiary/aromatic N) is 4. The van der Waals surface area contributed by atoms with Gasteiger partial charge < -0.3 is 9.09 Å². The zero-order chi connectivity index (χ0) is 20.7. The molecule has 0 aliphatic carbocycles. The standard InChI is InChI=1S/C22H21F3N4O/c1-2-21-9-5-10-28-11-8-14-13-6-3-4-7-15(13)29(17(14)18(21)28)16(12-21)19-26-20(27-30-19)22(23,24)25/h3-4,6-7,12,18H,2,5,8-11H2,1H3/t18-,21+/m1/s1. The number of hydrogen-bond donors (Lipinski definition) is 0. The van der Waals surface area contributed by atoms with E-state index in [2.05, 4.69) is 38.7 Å². The lowest BCUT2D eigenvalue weighted by Crippen LogP contribution is -2.50. The van der Waals surface area contributed by atoms with E-state index in [0.29, 0.717) is 5.70 Å². The van der Waals surface area contributed by atoms with Crippen LogP contribution >= 0.6 is 0 Å². The Morgan fingerprint density at radius 1 is 1.23 bits per heavy atom. The van der Waals surface area contributed by atoms with Crippen molar-refractivity contribution >= 4 is 16.6 Å². The van der Waals surface area contributed by atoms with Crippen molar-refractivity contribution < 1.29 is 17.7 Å². The minimum Gasteiger partial charge on any atom is -0.332 e. The van der Waals surface area contributed by atoms with Crippen molar-refractivity contribution in [3.63, 3.8) is 0 Å². The predicted octanol–water partition coefficient (Wildman–Crippen LogP) is 5.04. The number of para-hydroxylation sites is 1. The van der Waals surface area contributed by atoms with Crippen LogP contribution in [0.1, 0.15) is 55.2 Å². The molecule has 1 fully saturated rings. The second-order valence-electron chi connectivity index (χ2n) is 8.55. The van der Waals surface area contributed by atoms with Crippen LogP contribution in [0.4, 0.5) is 13.2 Å². The van der Waals surface area contributed by atoms with Gasteiger partial charge in [0.1, 0.15) is 5.70 Å². The fraction of sp³-hybridized carbons (Fsp3) is 0.455. The molecule has 5 heterocycles. The molecule has 0 N–H and O–H groups in total. The molecule has 3 aromatic rings. The van der Waals surface area contributed by atoms with E-state index in [0.717, 1.165) is 49.7 Å². The van der Waals surface area contributed by atoms with E-state index in [-0.39, 0.29) is 17.3 Å². The van der Waals surface area contributed by atoms with Crippen LogP contribution in [-0.2, 0) is 12.6 Å². The molecule has 0 saturated carbocycles. The van der Waals surface area contributed by atoms with E-state index in [9.17, 15) is 13.2 Å². The van der Waals surface area contributed by atoms with E-state index in [1.54, 1.807) is 0 Å². The first-order valence-corrected chi connectivity index (χ1v) is 10.4. The third-order valence-corrected chi connectivity index (χ3v) is 7.15. The van der Waals surface area contributed by atoms with Gasteiger partial charge in [-0.25, -0.2) is 0 Å². The molecule has 1 aromatic carbocycles. The van der Waals surface area contributed by atoms with E-state index in [4.69, 9.17) is 4.52 Å². The number of benzene rings is 1. The Balaban J connectivity index is 1.67. The van der Waals surface area contributed by atoms with Gasteiger partial charge in [-0.1, -0.05) is 30.3 Å². The molecule has 2 aromatic heterocycles. The van der Waals surface area contributed by atoms with Gasteiger partial charge in [0.25, 0.3) is 11.7 Å². The van der Waals surface area contributed by atoms with Crippen LogP contribution in [0.3, 0.4) is 0 Å². The molecule has 0 radical (unpaired) electrons. The average Bonchev–Trinajstić information content (AvgIpc) is 3.36. The molecule has 0 bridgehead atoms. The number of rotatable bonds is 2. The van der Waals surface area contributed by atoms with Gasteiger partial charge >= 0.3 is 6.18 Å². The lowest BCUT2D eigenvalue weighted by molar-refractivity contribution is -0.146. The normalized spacial score (nSPS) is 26.0. The summed E-state index contributed by atoms with van der Waals surface area (Å²) in [4.78, 5) is 6.30. The first kappa shape index (κ1) is 18.2. The zero-order valence-corrected chi connectivity index (χ0v) is 16.5. The average molecular weight is 414 g/mol. The summed E-state index contributed by atoms with van der Waals surface area (Å²) in [6.07, 6.45) is 1.38. The Labute approximate surface area is 171 Å². The second kappa shape index (κ2) is 5.97. The maximum Gasteiger partial charge on any atom is 0.455 e. The van der Waals surface area contributed by atoms with Crippen molar-refractivity contribution in [3.8, 4) is 0 Å². The van der Waals surface area contributed by atoms with Gasteiger partial charge in [-0.15, -0.1) is 0 Å². The molecule has 3 aliphatic rings. The first-order chi connectivity index (χ1) is 14.4. The molecule has 30 heavy (non-hydrogen) atoms. The Morgan fingerprint density at radius 2 is 2.07 bits per heavy atom. The Bertz CT molecular complexity index is 1190. The summed E-state index contributed by atoms with van der Waals surface area (Å²) in [5, 5.41) is 4.39. The van der Waals surface area contributed by atoms with Crippen molar-refractivity contribution in [2.75, 3.05) is 13.1 Å². The van der Waals surface area contributed by atoms with Crippen molar-refractivity contribution in [3.05, 3.63) is 53.3 Å². The molecular formula is C22H21F3N4O. The van der Waals surface area contributed by atoms with Crippen molar-refractivity contribution in [2.24, 2.45) is 5.41 Å². The third-order valence-electron chi connectivity index (χ3n) is 7.15. The largest absolute Gasteiger partial charge is 0.455 e. The van der Waals surface area contributed by atoms with Gasteiger partial charge in [0, 0.05) is 23.0 Å². The smallest absolute Gasteiger partial charge is 0.332 e. The fourth-order valence-corrected chi connectivity index (χ4v) is 5.88. The number of halogens is 3. The summed E-state index contributed by atoms with van der Waals surface area (Å²) in [5.74, 6) is -1.30. The minimum atomic E-state index is -4.64. The molecule has 0 unspecified atom stereocenters. The van der Waals surface area contributed by atoms with Crippen LogP contribution in [0.2, 0.25) is 0 Å². The molecule has 0 spiro atoms. The zero-order valence-electron chi connectivity index (χ0n) is 16.5. The lowest BCUT2D eigenvalue weighted by atomic mass is 9.66. The summed E-state index contributed by atoms with van der Waals surface area (Å²) in [6, 6.07) is 8.33. The van der Waals surface area contributed by atoms with Gasteiger partial charge in [0.05, 0.1) is 11.6 Å². The van der Waals surface area contributed by atoms with Gasteiger partial charge in [0.2, 0.25) is 0 Å². The maximum absolute atomic E-state index is 13.2. The molecule has 1 saturated heterocycles. The van der Waals surface area contributed by atoms with E-state index < -0.39 is 12.0 Å². The number of aromatic nitrogens is 3. The first-order valence-electron chi connectivity index (χ1n) is 10.4. The Kier molecular flexibility index (Phi) is 3.62. The van der Waals surface area contributed by atoms with Crippen LogP contribution in [0.25, 0.3) is 16.6 Å². The van der Waals surface area contributed by atoms with Crippen LogP contribution in [0.15, 0.2) is 34.9 Å². The van der Waals surface area contributed by atoms with Crippen molar-refractivity contribution in [1.82, 2.24) is 19.6 Å². The number of piperidine rings is 1. The highest BCUT2D eigenvalue weighted by atomic mass is 19.4. The van der Waals surface area contributed by atoms with Crippen LogP contribution in [-0.4, -0.2) is 32.7 Å². The second-order valence-corrected chi connectivity index (χ2v) is 8.55. The predicted molar refractivity (Wildman–Crippen MR) is 105 cm³/mol. The molecular weight excluding hydrogens is 393 g/mol. The fourth-order valence-electron chi connectivity index (χ4n) is 5.88. The molecule has 8 heteroatoms. The summed E-state index contributed by atoms with van der Waals surface area (Å²) >= 11 is 0. The van der Waals surface area contributed by atoms with Crippen LogP contribution in [0, 0.1) is 5.41 Å². The summed E-state index contributed by atoms with van der Waals surface area (Å²) in [7, 11) is 0. The topological polar surface area (TPSA) is 47.1 Å². The van der Waals surface area contributed by atoms with E-state index in [1.807, 2.05) is 18.2 Å². The molecule has 2 atom stereocenters. The maximum atomic E-state index is 13.2. The summed E-state index contributed by atoms with van der Waals surface area (Å²) < 4.78 is 46.8. The molecule has 0 amide bonds. The monoisotopic (exact) mass is 414 g/mol. The van der Waals surface area contributed by atoms with E-state index >= 15 is 0 Å². The minimum absolute atomic E-state index is 0.0696. The summed E-state index contributed by atoms with van der Waals surface area (Å²) in [6.45, 7) is 4.23. The van der Waals surface area contributed by atoms with Gasteiger partial charge in [-0.05, 0) is 49.9 Å². The number of alkyl halides is 3. The number of fused-ring (bicyclic) bond motifs is 3. The van der Waals surface area contributed by atoms with E-state index in [1.165, 1.54) is 11.3 Å². The quantitative estimate of drug-likeness (QED) is 0.590. The number of hydrogen-bond acceptors (Lipinski definition) is 4. The van der Waals surface area contributed by atoms with Gasteiger partial charge in [-0.2, -0.15) is 18.2 Å². The Morgan fingerprint density at radius 3 is 2.83 bits per heavy atom.